The molecule has 0 bridgehead atoms. The van der Waals surface area contributed by atoms with Gasteiger partial charge < -0.3 is 20.1 Å². The number of ether oxygens (including phenoxy) is 2. The third-order valence-corrected chi connectivity index (χ3v) is 3.75. The van der Waals surface area contributed by atoms with Crippen LogP contribution in [0, 0.1) is 13.8 Å². The summed E-state index contributed by atoms with van der Waals surface area (Å²) in [6.07, 6.45) is 0. The fourth-order valence-corrected chi connectivity index (χ4v) is 2.24. The molecule has 0 fully saturated rings. The summed E-state index contributed by atoms with van der Waals surface area (Å²) in [5.41, 5.74) is 3.16. The van der Waals surface area contributed by atoms with Gasteiger partial charge in [-0.1, -0.05) is 12.1 Å². The molecule has 0 radical (unpaired) electrons. The summed E-state index contributed by atoms with van der Waals surface area (Å²) in [4.78, 5) is 34.6. The SMILES string of the molecule is CC(=O)Nc1ccc(NC(=O)COC(=O)COc2cccc(C)c2C)cc1. The summed E-state index contributed by atoms with van der Waals surface area (Å²) in [6, 6.07) is 12.1. The van der Waals surface area contributed by atoms with Crippen LogP contribution in [0.1, 0.15) is 18.1 Å². The number of amides is 2. The van der Waals surface area contributed by atoms with E-state index < -0.39 is 18.5 Å². The first-order chi connectivity index (χ1) is 12.8. The molecule has 0 aliphatic rings. The van der Waals surface area contributed by atoms with Crippen molar-refractivity contribution < 1.29 is 23.9 Å². The second-order valence-corrected chi connectivity index (χ2v) is 5.95. The van der Waals surface area contributed by atoms with Crippen molar-refractivity contribution in [2.24, 2.45) is 0 Å². The Hall–Kier alpha value is -3.35. The van der Waals surface area contributed by atoms with E-state index >= 15 is 0 Å². The summed E-state index contributed by atoms with van der Waals surface area (Å²) in [5, 5.41) is 5.22. The smallest absolute Gasteiger partial charge is 0.344 e. The molecule has 0 unspecified atom stereocenters. The lowest BCUT2D eigenvalue weighted by Crippen LogP contribution is -2.23. The van der Waals surface area contributed by atoms with Gasteiger partial charge in [-0.05, 0) is 55.3 Å². The highest BCUT2D eigenvalue weighted by atomic mass is 16.6. The number of nitrogens with one attached hydrogen (secondary N) is 2. The first kappa shape index (κ1) is 20.0. The van der Waals surface area contributed by atoms with Gasteiger partial charge in [0.15, 0.2) is 13.2 Å². The standard InChI is InChI=1S/C20H22N2O5/c1-13-5-4-6-18(14(13)2)26-12-20(25)27-11-19(24)22-17-9-7-16(8-10-17)21-15(3)23/h4-10H,11-12H2,1-3H3,(H,21,23)(H,22,24). The molecule has 7 nitrogen and oxygen atoms in total. The molecule has 2 rings (SSSR count). The Balaban J connectivity index is 1.75. The van der Waals surface area contributed by atoms with Crippen LogP contribution in [-0.2, 0) is 19.1 Å². The number of anilines is 2. The van der Waals surface area contributed by atoms with Crippen molar-refractivity contribution in [2.45, 2.75) is 20.8 Å². The van der Waals surface area contributed by atoms with E-state index in [4.69, 9.17) is 9.47 Å². The predicted octanol–water partition coefficient (Wildman–Crippen LogP) is 2.82. The summed E-state index contributed by atoms with van der Waals surface area (Å²) < 4.78 is 10.3. The summed E-state index contributed by atoms with van der Waals surface area (Å²) in [6.45, 7) is 4.58. The lowest BCUT2D eigenvalue weighted by Gasteiger charge is -2.11. The van der Waals surface area contributed by atoms with Crippen molar-refractivity contribution >= 4 is 29.2 Å². The Labute approximate surface area is 157 Å². The number of hydrogen-bond acceptors (Lipinski definition) is 5. The maximum absolute atomic E-state index is 11.9. The van der Waals surface area contributed by atoms with Crippen molar-refractivity contribution in [1.82, 2.24) is 0 Å². The van der Waals surface area contributed by atoms with E-state index in [1.165, 1.54) is 6.92 Å². The normalized spacial score (nSPS) is 10.0. The van der Waals surface area contributed by atoms with Gasteiger partial charge in [0.05, 0.1) is 0 Å². The number of aryl methyl sites for hydroxylation is 1. The molecule has 0 spiro atoms. The molecule has 27 heavy (non-hydrogen) atoms. The highest BCUT2D eigenvalue weighted by Crippen LogP contribution is 2.20. The molecule has 2 aromatic rings. The van der Waals surface area contributed by atoms with Crippen molar-refractivity contribution in [3.8, 4) is 5.75 Å². The third-order valence-electron chi connectivity index (χ3n) is 3.75. The van der Waals surface area contributed by atoms with Crippen molar-refractivity contribution in [2.75, 3.05) is 23.8 Å². The second kappa shape index (κ2) is 9.38. The van der Waals surface area contributed by atoms with Crippen LogP contribution >= 0.6 is 0 Å². The molecule has 0 aliphatic heterocycles. The molecule has 0 aromatic heterocycles. The fraction of sp³-hybridized carbons (Fsp3) is 0.250. The lowest BCUT2D eigenvalue weighted by molar-refractivity contribution is -0.149. The molecule has 0 atom stereocenters. The zero-order valence-corrected chi connectivity index (χ0v) is 15.5. The zero-order valence-electron chi connectivity index (χ0n) is 15.5. The number of esters is 1. The van der Waals surface area contributed by atoms with E-state index in [1.807, 2.05) is 26.0 Å². The largest absolute Gasteiger partial charge is 0.482 e. The Morgan fingerprint density at radius 1 is 0.889 bits per heavy atom. The quantitative estimate of drug-likeness (QED) is 0.731. The number of rotatable bonds is 7. The Kier molecular flexibility index (Phi) is 6.93. The van der Waals surface area contributed by atoms with E-state index in [0.29, 0.717) is 17.1 Å². The maximum Gasteiger partial charge on any atom is 0.344 e. The van der Waals surface area contributed by atoms with Gasteiger partial charge in [-0.15, -0.1) is 0 Å². The molecule has 2 aromatic carbocycles. The Morgan fingerprint density at radius 2 is 1.52 bits per heavy atom. The van der Waals surface area contributed by atoms with Gasteiger partial charge in [0.1, 0.15) is 5.75 Å². The monoisotopic (exact) mass is 370 g/mol. The van der Waals surface area contributed by atoms with Crippen LogP contribution in [0.25, 0.3) is 0 Å². The summed E-state index contributed by atoms with van der Waals surface area (Å²) in [5.74, 6) is -0.674. The predicted molar refractivity (Wildman–Crippen MR) is 102 cm³/mol. The summed E-state index contributed by atoms with van der Waals surface area (Å²) in [7, 11) is 0. The van der Waals surface area contributed by atoms with Gasteiger partial charge in [0.25, 0.3) is 5.91 Å². The van der Waals surface area contributed by atoms with E-state index in [9.17, 15) is 14.4 Å². The molecular weight excluding hydrogens is 348 g/mol. The van der Waals surface area contributed by atoms with Gasteiger partial charge in [0, 0.05) is 18.3 Å². The Bertz CT molecular complexity index is 831. The fourth-order valence-electron chi connectivity index (χ4n) is 2.24. The lowest BCUT2D eigenvalue weighted by atomic mass is 10.1. The van der Waals surface area contributed by atoms with Crippen molar-refractivity contribution in [1.29, 1.82) is 0 Å². The molecule has 2 N–H and O–H groups in total. The van der Waals surface area contributed by atoms with Crippen LogP contribution < -0.4 is 15.4 Å². The number of carbonyl (C=O) groups excluding carboxylic acids is 3. The van der Waals surface area contributed by atoms with Crippen molar-refractivity contribution in [3.63, 3.8) is 0 Å². The average Bonchev–Trinajstić information content (AvgIpc) is 2.62. The van der Waals surface area contributed by atoms with Crippen LogP contribution in [0.15, 0.2) is 42.5 Å². The minimum atomic E-state index is -0.632. The maximum atomic E-state index is 11.9. The molecule has 142 valence electrons. The average molecular weight is 370 g/mol. The van der Waals surface area contributed by atoms with Gasteiger partial charge in [-0.2, -0.15) is 0 Å². The second-order valence-electron chi connectivity index (χ2n) is 5.95. The van der Waals surface area contributed by atoms with Crippen LogP contribution in [0.5, 0.6) is 5.75 Å². The first-order valence-electron chi connectivity index (χ1n) is 8.37. The Morgan fingerprint density at radius 3 is 2.15 bits per heavy atom. The van der Waals surface area contributed by atoms with Crippen molar-refractivity contribution in [3.05, 3.63) is 53.6 Å². The number of hydrogen-bond donors (Lipinski definition) is 2. The topological polar surface area (TPSA) is 93.7 Å². The van der Waals surface area contributed by atoms with Crippen LogP contribution in [0.2, 0.25) is 0 Å². The van der Waals surface area contributed by atoms with Gasteiger partial charge in [-0.25, -0.2) is 4.79 Å². The van der Waals surface area contributed by atoms with E-state index in [2.05, 4.69) is 10.6 Å². The first-order valence-corrected chi connectivity index (χ1v) is 8.37. The minimum absolute atomic E-state index is 0.179. The molecular formula is C20H22N2O5. The molecule has 0 heterocycles. The number of carbonyl (C=O) groups is 3. The number of benzene rings is 2. The molecule has 2 amide bonds. The third kappa shape index (κ3) is 6.47. The van der Waals surface area contributed by atoms with E-state index in [1.54, 1.807) is 30.3 Å². The molecule has 0 saturated heterocycles. The highest BCUT2D eigenvalue weighted by Gasteiger charge is 2.10. The van der Waals surface area contributed by atoms with E-state index in [0.717, 1.165) is 11.1 Å². The van der Waals surface area contributed by atoms with Crippen LogP contribution in [0.4, 0.5) is 11.4 Å². The van der Waals surface area contributed by atoms with Gasteiger partial charge in [0.2, 0.25) is 5.91 Å². The zero-order chi connectivity index (χ0) is 19.8. The van der Waals surface area contributed by atoms with Gasteiger partial charge >= 0.3 is 5.97 Å². The van der Waals surface area contributed by atoms with Gasteiger partial charge in [-0.3, -0.25) is 9.59 Å². The molecule has 0 aliphatic carbocycles. The van der Waals surface area contributed by atoms with Crippen LogP contribution in [0.3, 0.4) is 0 Å². The summed E-state index contributed by atoms with van der Waals surface area (Å²) >= 11 is 0. The highest BCUT2D eigenvalue weighted by molar-refractivity contribution is 5.93. The minimum Gasteiger partial charge on any atom is -0.482 e. The van der Waals surface area contributed by atoms with Crippen LogP contribution in [-0.4, -0.2) is 31.0 Å². The molecule has 7 heteroatoms. The van der Waals surface area contributed by atoms with E-state index in [-0.39, 0.29) is 12.5 Å². The molecule has 0 saturated carbocycles.